The van der Waals surface area contributed by atoms with E-state index in [0.717, 1.165) is 5.92 Å². The molecule has 3 heteroatoms. The van der Waals surface area contributed by atoms with Crippen LogP contribution in [0.15, 0.2) is 0 Å². The molecule has 0 spiro atoms. The molecule has 0 aromatic heterocycles. The van der Waals surface area contributed by atoms with Crippen LogP contribution in [0.2, 0.25) is 0 Å². The Balaban J connectivity index is 2.04. The summed E-state index contributed by atoms with van der Waals surface area (Å²) in [6.45, 7) is 15.4. The lowest BCUT2D eigenvalue weighted by Gasteiger charge is -2.34. The van der Waals surface area contributed by atoms with Gasteiger partial charge in [-0.05, 0) is 92.1 Å². The number of likely N-dealkylation sites (tertiary alicyclic amines) is 1. The van der Waals surface area contributed by atoms with E-state index in [4.69, 9.17) is 0 Å². The zero-order chi connectivity index (χ0) is 15.0. The normalized spacial score (nSPS) is 19.9. The molecule has 0 radical (unpaired) electrons. The van der Waals surface area contributed by atoms with Gasteiger partial charge in [0.2, 0.25) is 0 Å². The van der Waals surface area contributed by atoms with E-state index in [9.17, 15) is 0 Å². The number of hydrogen-bond acceptors (Lipinski definition) is 3. The van der Waals surface area contributed by atoms with E-state index in [1.54, 1.807) is 0 Å². The third-order valence-electron chi connectivity index (χ3n) is 5.07. The monoisotopic (exact) mass is 283 g/mol. The van der Waals surface area contributed by atoms with Crippen molar-refractivity contribution in [2.75, 3.05) is 39.8 Å². The Kier molecular flexibility index (Phi) is 8.74. The van der Waals surface area contributed by atoms with Gasteiger partial charge in [0.25, 0.3) is 0 Å². The number of piperidine rings is 1. The lowest BCUT2D eigenvalue weighted by molar-refractivity contribution is 0.168. The van der Waals surface area contributed by atoms with Crippen molar-refractivity contribution in [3.8, 4) is 0 Å². The van der Waals surface area contributed by atoms with Crippen LogP contribution in [0.25, 0.3) is 0 Å². The summed E-state index contributed by atoms with van der Waals surface area (Å²) in [5.41, 5.74) is 0. The number of nitrogens with zero attached hydrogens (tertiary/aromatic N) is 2. The van der Waals surface area contributed by atoms with Crippen molar-refractivity contribution < 1.29 is 0 Å². The fourth-order valence-electron chi connectivity index (χ4n) is 3.01. The predicted molar refractivity (Wildman–Crippen MR) is 89.3 cm³/mol. The van der Waals surface area contributed by atoms with Gasteiger partial charge in [-0.1, -0.05) is 6.92 Å². The molecular formula is C17H37N3. The summed E-state index contributed by atoms with van der Waals surface area (Å²) in [5, 5.41) is 3.75. The molecule has 1 heterocycles. The number of unbranched alkanes of at least 4 members (excludes halogenated alkanes) is 1. The molecule has 1 aliphatic heterocycles. The third-order valence-corrected chi connectivity index (χ3v) is 5.07. The molecule has 0 aromatic carbocycles. The van der Waals surface area contributed by atoms with Crippen LogP contribution in [0.3, 0.4) is 0 Å². The minimum absolute atomic E-state index is 0.672. The second-order valence-corrected chi connectivity index (χ2v) is 6.80. The second kappa shape index (κ2) is 9.75. The largest absolute Gasteiger partial charge is 0.314 e. The van der Waals surface area contributed by atoms with Gasteiger partial charge in [-0.25, -0.2) is 0 Å². The minimum Gasteiger partial charge on any atom is -0.314 e. The molecule has 0 saturated carbocycles. The highest BCUT2D eigenvalue weighted by Crippen LogP contribution is 2.20. The fourth-order valence-corrected chi connectivity index (χ4v) is 3.01. The van der Waals surface area contributed by atoms with Crippen LogP contribution >= 0.6 is 0 Å². The quantitative estimate of drug-likeness (QED) is 0.657. The average Bonchev–Trinajstić information content (AvgIpc) is 2.46. The highest BCUT2D eigenvalue weighted by molar-refractivity contribution is 4.79. The zero-order valence-electron chi connectivity index (χ0n) is 14.5. The molecule has 20 heavy (non-hydrogen) atoms. The lowest BCUT2D eigenvalue weighted by Crippen LogP contribution is -2.42. The van der Waals surface area contributed by atoms with Crippen LogP contribution in [0, 0.1) is 5.92 Å². The van der Waals surface area contributed by atoms with Crippen LogP contribution in [0.1, 0.15) is 53.4 Å². The second-order valence-electron chi connectivity index (χ2n) is 6.80. The van der Waals surface area contributed by atoms with E-state index in [2.05, 4.69) is 49.9 Å². The Morgan fingerprint density at radius 3 is 2.35 bits per heavy atom. The van der Waals surface area contributed by atoms with Crippen molar-refractivity contribution in [1.29, 1.82) is 0 Å². The lowest BCUT2D eigenvalue weighted by atomic mass is 9.90. The first-order valence-electron chi connectivity index (χ1n) is 8.70. The summed E-state index contributed by atoms with van der Waals surface area (Å²) in [4.78, 5) is 5.01. The Bertz CT molecular complexity index is 234. The molecule has 1 unspecified atom stereocenters. The smallest absolute Gasteiger partial charge is 0.00679 e. The van der Waals surface area contributed by atoms with E-state index in [-0.39, 0.29) is 0 Å². The molecule has 0 aliphatic carbocycles. The van der Waals surface area contributed by atoms with Gasteiger partial charge in [-0.15, -0.1) is 0 Å². The van der Waals surface area contributed by atoms with Gasteiger partial charge in [0.15, 0.2) is 0 Å². The standard InChI is InChI=1S/C17H37N3/c1-6-20-13-9-17(10-14-20)16(4)18-11-7-8-12-19(5)15(2)3/h15-18H,6-14H2,1-5H3. The molecule has 0 amide bonds. The van der Waals surface area contributed by atoms with Crippen LogP contribution in [-0.2, 0) is 0 Å². The molecule has 1 saturated heterocycles. The van der Waals surface area contributed by atoms with E-state index < -0.39 is 0 Å². The van der Waals surface area contributed by atoms with Crippen molar-refractivity contribution in [1.82, 2.24) is 15.1 Å². The highest BCUT2D eigenvalue weighted by atomic mass is 15.1. The van der Waals surface area contributed by atoms with Crippen molar-refractivity contribution in [2.45, 2.75) is 65.5 Å². The minimum atomic E-state index is 0.672. The zero-order valence-corrected chi connectivity index (χ0v) is 14.5. The van der Waals surface area contributed by atoms with Gasteiger partial charge < -0.3 is 15.1 Å². The molecule has 1 atom stereocenters. The van der Waals surface area contributed by atoms with Crippen molar-refractivity contribution in [2.24, 2.45) is 5.92 Å². The number of rotatable bonds is 9. The van der Waals surface area contributed by atoms with Crippen molar-refractivity contribution >= 4 is 0 Å². The van der Waals surface area contributed by atoms with Gasteiger partial charge in [0, 0.05) is 12.1 Å². The molecule has 0 aromatic rings. The van der Waals surface area contributed by atoms with Crippen LogP contribution < -0.4 is 5.32 Å². The van der Waals surface area contributed by atoms with E-state index in [1.807, 2.05) is 0 Å². The molecule has 120 valence electrons. The molecule has 1 aliphatic rings. The van der Waals surface area contributed by atoms with E-state index >= 15 is 0 Å². The SMILES string of the molecule is CCN1CCC(C(C)NCCCCN(C)C(C)C)CC1. The summed E-state index contributed by atoms with van der Waals surface area (Å²) < 4.78 is 0. The number of nitrogens with one attached hydrogen (secondary N) is 1. The molecule has 1 N–H and O–H groups in total. The van der Waals surface area contributed by atoms with E-state index in [0.29, 0.717) is 12.1 Å². The number of hydrogen-bond donors (Lipinski definition) is 1. The Morgan fingerprint density at radius 1 is 1.15 bits per heavy atom. The molecular weight excluding hydrogens is 246 g/mol. The molecule has 3 nitrogen and oxygen atoms in total. The molecule has 1 rings (SSSR count). The predicted octanol–water partition coefficient (Wildman–Crippen LogP) is 2.82. The van der Waals surface area contributed by atoms with Gasteiger partial charge in [0.1, 0.15) is 0 Å². The van der Waals surface area contributed by atoms with Crippen LogP contribution in [-0.4, -0.2) is 61.7 Å². The Hall–Kier alpha value is -0.120. The third kappa shape index (κ3) is 6.55. The molecule has 0 bridgehead atoms. The van der Waals surface area contributed by atoms with Gasteiger partial charge in [0.05, 0.1) is 0 Å². The fraction of sp³-hybridized carbons (Fsp3) is 1.00. The first-order chi connectivity index (χ1) is 9.54. The molecule has 1 fully saturated rings. The Morgan fingerprint density at radius 2 is 1.80 bits per heavy atom. The maximum Gasteiger partial charge on any atom is 0.00679 e. The summed E-state index contributed by atoms with van der Waals surface area (Å²) in [7, 11) is 2.22. The van der Waals surface area contributed by atoms with Gasteiger partial charge in [-0.2, -0.15) is 0 Å². The maximum absolute atomic E-state index is 3.75. The summed E-state index contributed by atoms with van der Waals surface area (Å²) in [6.07, 6.45) is 5.36. The van der Waals surface area contributed by atoms with E-state index in [1.165, 1.54) is 58.4 Å². The van der Waals surface area contributed by atoms with Crippen LogP contribution in [0.4, 0.5) is 0 Å². The summed E-state index contributed by atoms with van der Waals surface area (Å²) in [5.74, 6) is 0.885. The summed E-state index contributed by atoms with van der Waals surface area (Å²) >= 11 is 0. The first kappa shape index (κ1) is 17.9. The van der Waals surface area contributed by atoms with Crippen molar-refractivity contribution in [3.63, 3.8) is 0 Å². The topological polar surface area (TPSA) is 18.5 Å². The Labute approximate surface area is 127 Å². The van der Waals surface area contributed by atoms with Crippen molar-refractivity contribution in [3.05, 3.63) is 0 Å². The van der Waals surface area contributed by atoms with Gasteiger partial charge in [-0.3, -0.25) is 0 Å². The summed E-state index contributed by atoms with van der Waals surface area (Å²) in [6, 6.07) is 1.36. The highest BCUT2D eigenvalue weighted by Gasteiger charge is 2.22. The van der Waals surface area contributed by atoms with Gasteiger partial charge >= 0.3 is 0 Å². The average molecular weight is 284 g/mol. The first-order valence-corrected chi connectivity index (χ1v) is 8.70. The van der Waals surface area contributed by atoms with Crippen LogP contribution in [0.5, 0.6) is 0 Å². The maximum atomic E-state index is 3.75.